The number of rotatable bonds is 28. The van der Waals surface area contributed by atoms with Crippen molar-refractivity contribution in [1.29, 1.82) is 0 Å². The predicted octanol–water partition coefficient (Wildman–Crippen LogP) is 0.416. The molecule has 4 aromatic carbocycles. The molecule has 1 aromatic heterocycles. The molecule has 0 aliphatic rings. The Morgan fingerprint density at radius 1 is 0.592 bits per heavy atom. The zero-order valence-electron chi connectivity index (χ0n) is 42.5. The molecule has 0 radical (unpaired) electrons. The highest BCUT2D eigenvalue weighted by Gasteiger charge is 2.36. The Bertz CT molecular complexity index is 2830. The number of carbonyl (C=O) groups is 8. The van der Waals surface area contributed by atoms with Crippen molar-refractivity contribution >= 4 is 94.2 Å². The average molecular weight is 1080 g/mol. The molecule has 5 aromatic rings. The van der Waals surface area contributed by atoms with E-state index in [9.17, 15) is 48.6 Å². The van der Waals surface area contributed by atoms with Gasteiger partial charge in [-0.15, -0.1) is 0 Å². The Balaban J connectivity index is 1.39. The normalized spacial score (nSPS) is 14.9. The van der Waals surface area contributed by atoms with Crippen LogP contribution in [0.1, 0.15) is 62.8 Å². The topological polar surface area (TPSA) is 355 Å². The molecule has 76 heavy (non-hydrogen) atoms. The number of aromatic nitrogens is 1. The molecule has 1 heterocycles. The highest BCUT2D eigenvalue weighted by molar-refractivity contribution is 7.80. The molecule has 0 aliphatic carbocycles. The van der Waals surface area contributed by atoms with Crippen LogP contribution in [0.2, 0.25) is 0 Å². The Kier molecular flexibility index (Phi) is 22.5. The lowest BCUT2D eigenvalue weighted by Crippen LogP contribution is -2.61. The summed E-state index contributed by atoms with van der Waals surface area (Å²) in [7, 11) is 0. The highest BCUT2D eigenvalue weighted by atomic mass is 32.1. The number of phenols is 1. The Morgan fingerprint density at radius 3 is 1.78 bits per heavy atom. The van der Waals surface area contributed by atoms with Gasteiger partial charge in [0.25, 0.3) is 0 Å². The second-order valence-corrected chi connectivity index (χ2v) is 19.6. The van der Waals surface area contributed by atoms with Crippen molar-refractivity contribution in [2.45, 2.75) is 107 Å². The van der Waals surface area contributed by atoms with Crippen LogP contribution < -0.4 is 54.4 Å². The number of amides is 8. The van der Waals surface area contributed by atoms with Gasteiger partial charge in [-0.2, -0.15) is 25.3 Å². The Labute approximate surface area is 451 Å². The molecule has 5 rings (SSSR count). The van der Waals surface area contributed by atoms with Crippen LogP contribution in [0, 0.1) is 5.92 Å². The molecule has 0 saturated carbocycles. The van der Waals surface area contributed by atoms with Gasteiger partial charge >= 0.3 is 0 Å². The van der Waals surface area contributed by atoms with Crippen LogP contribution in [0.3, 0.4) is 0 Å². The van der Waals surface area contributed by atoms with E-state index in [1.54, 1.807) is 50.2 Å². The smallest absolute Gasteiger partial charge is 0.247 e. The minimum Gasteiger partial charge on any atom is -0.508 e. The average Bonchev–Trinajstić information content (AvgIpc) is 3.82. The second-order valence-electron chi connectivity index (χ2n) is 18.8. The van der Waals surface area contributed by atoms with E-state index in [0.717, 1.165) is 16.3 Å². The number of primary amides is 1. The molecule has 408 valence electrons. The van der Waals surface area contributed by atoms with Crippen LogP contribution in [-0.4, -0.2) is 129 Å². The van der Waals surface area contributed by atoms with Gasteiger partial charge in [-0.1, -0.05) is 86.6 Å². The summed E-state index contributed by atoms with van der Waals surface area (Å²) in [6, 6.07) is 15.7. The first-order valence-corrected chi connectivity index (χ1v) is 26.1. The van der Waals surface area contributed by atoms with E-state index in [1.807, 2.05) is 42.5 Å². The van der Waals surface area contributed by atoms with Crippen molar-refractivity contribution in [2.75, 3.05) is 18.1 Å². The number of aromatic hydroxyl groups is 1. The lowest BCUT2D eigenvalue weighted by atomic mass is 10.00. The van der Waals surface area contributed by atoms with Gasteiger partial charge in [0.15, 0.2) is 0 Å². The monoisotopic (exact) mass is 1080 g/mol. The van der Waals surface area contributed by atoms with E-state index in [-0.39, 0.29) is 43.1 Å². The number of nitrogens with two attached hydrogens (primary N) is 3. The van der Waals surface area contributed by atoms with Gasteiger partial charge in [-0.25, -0.2) is 0 Å². The van der Waals surface area contributed by atoms with Crippen LogP contribution in [0.4, 0.5) is 0 Å². The van der Waals surface area contributed by atoms with Crippen molar-refractivity contribution in [3.05, 3.63) is 114 Å². The van der Waals surface area contributed by atoms with Crippen molar-refractivity contribution in [3.63, 3.8) is 0 Å². The quantitative estimate of drug-likeness (QED) is 0.0239. The molecule has 0 bridgehead atoms. The zero-order valence-corrected chi connectivity index (χ0v) is 44.2. The number of para-hydroxylation sites is 1. The van der Waals surface area contributed by atoms with Gasteiger partial charge in [-0.3, -0.25) is 38.4 Å². The molecule has 8 amide bonds. The highest BCUT2D eigenvalue weighted by Crippen LogP contribution is 2.26. The number of aromatic amines is 1. The van der Waals surface area contributed by atoms with Crippen molar-refractivity contribution in [2.24, 2.45) is 23.1 Å². The predicted molar refractivity (Wildman–Crippen MR) is 295 cm³/mol. The zero-order chi connectivity index (χ0) is 55.6. The maximum Gasteiger partial charge on any atom is 0.247 e. The fraction of sp³-hybridized carbons (Fsp3) is 0.396. The number of thiol groups is 2. The number of phenolic OH excluding ortho intramolecular Hbond substituents is 1. The molecule has 23 heteroatoms. The maximum absolute atomic E-state index is 14.8. The molecule has 0 aliphatic heterocycles. The Hall–Kier alpha value is -7.18. The van der Waals surface area contributed by atoms with Crippen molar-refractivity contribution in [3.8, 4) is 5.75 Å². The summed E-state index contributed by atoms with van der Waals surface area (Å²) >= 11 is 8.53. The van der Waals surface area contributed by atoms with Gasteiger partial charge in [0.2, 0.25) is 47.3 Å². The van der Waals surface area contributed by atoms with E-state index in [4.69, 9.17) is 17.2 Å². The number of aliphatic hydroxyl groups is 1. The van der Waals surface area contributed by atoms with Crippen LogP contribution in [0.15, 0.2) is 97.2 Å². The summed E-state index contributed by atoms with van der Waals surface area (Å²) in [6.07, 6.45) is 1.03. The standard InChI is InChI=1S/C53H69N11O10S2/c1-28(2)43(52(73)61-42(27-76)51(72)63-44(29(3)65)46(56)67)62-48(69)39(14-8-9-21-54)58-53(74)45(36-25-57-38-13-7-6-12-35(36)38)64-49(70)40(24-30-16-19-34(66)20-17-30)59-50(71)41(26-75)60-47(68)37(55)23-31-15-18-32-10-4-5-11-33(32)22-31/h4-7,10-13,15-20,22,25,28-29,37,39-45,57,65-66,75-76H,8-9,14,21,23-24,26-27,54-55H2,1-3H3,(H2,56,67)(H,58,74)(H,59,71)(H,60,68)(H,61,73)(H,62,69)(H,63,72)(H,64,70)/t29-,37-,39+,40+,41+,42+,43+,44+,45-/m1/s1. The van der Waals surface area contributed by atoms with Crippen LogP contribution in [0.25, 0.3) is 21.7 Å². The number of aliphatic hydroxyl groups excluding tert-OH is 1. The summed E-state index contributed by atoms with van der Waals surface area (Å²) in [4.78, 5) is 113. The van der Waals surface area contributed by atoms with Gasteiger partial charge in [0, 0.05) is 40.6 Å². The minimum atomic E-state index is -1.52. The third-order valence-corrected chi connectivity index (χ3v) is 13.4. The van der Waals surface area contributed by atoms with Crippen molar-refractivity contribution < 1.29 is 48.6 Å². The molecule has 0 unspecified atom stereocenters. The third kappa shape index (κ3) is 16.7. The van der Waals surface area contributed by atoms with E-state index in [1.165, 1.54) is 25.3 Å². The maximum atomic E-state index is 14.8. The fourth-order valence-corrected chi connectivity index (χ4v) is 8.85. The lowest BCUT2D eigenvalue weighted by molar-refractivity contribution is -0.136. The first-order chi connectivity index (χ1) is 36.2. The summed E-state index contributed by atoms with van der Waals surface area (Å²) in [5, 5.41) is 41.0. The fourth-order valence-electron chi connectivity index (χ4n) is 8.34. The number of unbranched alkanes of at least 4 members (excludes halogenated alkanes) is 1. The molecule has 0 spiro atoms. The number of benzene rings is 4. The van der Waals surface area contributed by atoms with Gasteiger partial charge in [0.05, 0.1) is 12.1 Å². The first kappa shape index (κ1) is 59.7. The molecule has 0 saturated heterocycles. The van der Waals surface area contributed by atoms with Gasteiger partial charge in [-0.05, 0) is 85.2 Å². The number of fused-ring (bicyclic) bond motifs is 2. The molecular weight excluding hydrogens is 1010 g/mol. The largest absolute Gasteiger partial charge is 0.508 e. The van der Waals surface area contributed by atoms with Crippen LogP contribution in [0.5, 0.6) is 5.75 Å². The van der Waals surface area contributed by atoms with E-state index in [2.05, 4.69) is 67.5 Å². The molecule has 9 atom stereocenters. The van der Waals surface area contributed by atoms with Gasteiger partial charge in [0.1, 0.15) is 48.0 Å². The number of H-pyrrole nitrogens is 1. The van der Waals surface area contributed by atoms with E-state index in [0.29, 0.717) is 34.9 Å². The number of carbonyl (C=O) groups excluding carboxylic acids is 8. The molecule has 0 fully saturated rings. The van der Waals surface area contributed by atoms with Crippen molar-refractivity contribution in [1.82, 2.24) is 42.2 Å². The van der Waals surface area contributed by atoms with Crippen LogP contribution >= 0.6 is 25.3 Å². The number of hydrogen-bond donors (Lipinski definition) is 15. The van der Waals surface area contributed by atoms with Crippen LogP contribution in [-0.2, 0) is 51.2 Å². The SMILES string of the molecule is CC(C)[C@H](NC(=O)[C@H](CCCCN)NC(=O)[C@H](NC(=O)[C@H](Cc1ccc(O)cc1)NC(=O)[C@H](CS)NC(=O)[C@H](N)Cc1ccc2ccccc2c1)c1c[nH]c2ccccc12)C(=O)N[C@@H](CS)C(=O)N[C@H](C(N)=O)[C@@H](C)O. The van der Waals surface area contributed by atoms with E-state index < -0.39 is 108 Å². The first-order valence-electron chi connectivity index (χ1n) is 24.8. The number of nitrogens with one attached hydrogen (secondary N) is 8. The minimum absolute atomic E-state index is 0.0353. The summed E-state index contributed by atoms with van der Waals surface area (Å²) in [6.45, 7) is 4.80. The molecule has 21 nitrogen and oxygen atoms in total. The summed E-state index contributed by atoms with van der Waals surface area (Å²) < 4.78 is 0. The molecule has 16 N–H and O–H groups in total. The van der Waals surface area contributed by atoms with Gasteiger partial charge < -0.3 is 69.6 Å². The third-order valence-electron chi connectivity index (χ3n) is 12.6. The van der Waals surface area contributed by atoms with E-state index >= 15 is 0 Å². The molecular formula is C53H69N11O10S2. The lowest BCUT2D eigenvalue weighted by Gasteiger charge is -2.29. The Morgan fingerprint density at radius 2 is 1.14 bits per heavy atom. The number of hydrogen-bond acceptors (Lipinski definition) is 14. The second kappa shape index (κ2) is 28.6. The summed E-state index contributed by atoms with van der Waals surface area (Å²) in [5.74, 6) is -7.64. The summed E-state index contributed by atoms with van der Waals surface area (Å²) in [5.41, 5.74) is 19.7.